The van der Waals surface area contributed by atoms with Crippen molar-refractivity contribution in [3.63, 3.8) is 0 Å². The van der Waals surface area contributed by atoms with E-state index in [9.17, 15) is 0 Å². The van der Waals surface area contributed by atoms with Crippen LogP contribution in [-0.2, 0) is 0 Å². The quantitative estimate of drug-likeness (QED) is 0.500. The molecular formula is C18H22Br2. The van der Waals surface area contributed by atoms with Crippen molar-refractivity contribution in [2.75, 3.05) is 0 Å². The molecule has 5 rings (SSSR count). The van der Waals surface area contributed by atoms with Gasteiger partial charge in [-0.05, 0) is 78.9 Å². The molecule has 108 valence electrons. The van der Waals surface area contributed by atoms with E-state index >= 15 is 0 Å². The van der Waals surface area contributed by atoms with Crippen molar-refractivity contribution in [2.24, 2.45) is 22.7 Å². The van der Waals surface area contributed by atoms with Gasteiger partial charge in [-0.2, -0.15) is 0 Å². The van der Waals surface area contributed by atoms with Gasteiger partial charge in [0.25, 0.3) is 0 Å². The summed E-state index contributed by atoms with van der Waals surface area (Å²) in [5.74, 6) is 1.99. The molecule has 0 saturated heterocycles. The van der Waals surface area contributed by atoms with Gasteiger partial charge in [-0.3, -0.25) is 0 Å². The number of halogens is 2. The zero-order chi connectivity index (χ0) is 14.0. The Morgan fingerprint density at radius 3 is 2.20 bits per heavy atom. The molecule has 4 fully saturated rings. The molecule has 4 aliphatic rings. The average molecular weight is 398 g/mol. The van der Waals surface area contributed by atoms with E-state index in [2.05, 4.69) is 63.0 Å². The minimum Gasteiger partial charge on any atom is -0.0833 e. The van der Waals surface area contributed by atoms with E-state index in [1.54, 1.807) is 0 Å². The Morgan fingerprint density at radius 2 is 1.65 bits per heavy atom. The van der Waals surface area contributed by atoms with Gasteiger partial charge in [0.05, 0.1) is 0 Å². The Kier molecular flexibility index (Phi) is 3.17. The van der Waals surface area contributed by atoms with Crippen LogP contribution in [0.2, 0.25) is 0 Å². The third kappa shape index (κ3) is 2.13. The second kappa shape index (κ2) is 4.59. The maximum atomic E-state index is 4.11. The van der Waals surface area contributed by atoms with Crippen molar-refractivity contribution >= 4 is 31.9 Å². The summed E-state index contributed by atoms with van der Waals surface area (Å²) in [5.41, 5.74) is 2.62. The Bertz CT molecular complexity index is 505. The van der Waals surface area contributed by atoms with Crippen LogP contribution in [0.4, 0.5) is 0 Å². The van der Waals surface area contributed by atoms with E-state index in [4.69, 9.17) is 0 Å². The number of hydrogen-bond acceptors (Lipinski definition) is 0. The van der Waals surface area contributed by atoms with Crippen LogP contribution < -0.4 is 0 Å². The second-order valence-corrected chi connectivity index (χ2v) is 9.88. The molecule has 0 aromatic heterocycles. The summed E-state index contributed by atoms with van der Waals surface area (Å²) in [6, 6.07) is 8.96. The van der Waals surface area contributed by atoms with Crippen molar-refractivity contribution in [1.29, 1.82) is 0 Å². The lowest BCUT2D eigenvalue weighted by atomic mass is 9.44. The normalized spacial score (nSPS) is 43.8. The van der Waals surface area contributed by atoms with Gasteiger partial charge in [-0.25, -0.2) is 0 Å². The fraction of sp³-hybridized carbons (Fsp3) is 0.667. The van der Waals surface area contributed by atoms with Gasteiger partial charge in [0.2, 0.25) is 0 Å². The van der Waals surface area contributed by atoms with Crippen molar-refractivity contribution in [2.45, 2.75) is 50.3 Å². The highest BCUT2D eigenvalue weighted by Crippen LogP contribution is 2.69. The van der Waals surface area contributed by atoms with E-state index in [0.717, 1.165) is 11.8 Å². The molecule has 0 N–H and O–H groups in total. The lowest BCUT2D eigenvalue weighted by Crippen LogP contribution is -2.52. The van der Waals surface area contributed by atoms with Crippen LogP contribution in [0.1, 0.15) is 55.8 Å². The third-order valence-corrected chi connectivity index (χ3v) is 8.13. The first-order chi connectivity index (χ1) is 9.48. The third-order valence-electron chi connectivity index (χ3n) is 6.10. The first kappa shape index (κ1) is 13.8. The van der Waals surface area contributed by atoms with Crippen LogP contribution >= 0.6 is 31.9 Å². The molecule has 4 aliphatic carbocycles. The Labute approximate surface area is 139 Å². The molecule has 4 saturated carbocycles. The van der Waals surface area contributed by atoms with Crippen LogP contribution in [0, 0.1) is 22.7 Å². The second-order valence-electron chi connectivity index (χ2n) is 8.05. The fourth-order valence-corrected chi connectivity index (χ4v) is 7.19. The highest BCUT2D eigenvalue weighted by Gasteiger charge is 2.58. The molecule has 1 aromatic carbocycles. The predicted molar refractivity (Wildman–Crippen MR) is 91.0 cm³/mol. The van der Waals surface area contributed by atoms with Gasteiger partial charge >= 0.3 is 0 Å². The molecule has 3 atom stereocenters. The molecule has 0 nitrogen and oxygen atoms in total. The summed E-state index contributed by atoms with van der Waals surface area (Å²) in [7, 11) is 0. The van der Waals surface area contributed by atoms with Gasteiger partial charge in [-0.15, -0.1) is 0 Å². The summed E-state index contributed by atoms with van der Waals surface area (Å²) in [6.07, 6.45) is 8.82. The van der Waals surface area contributed by atoms with E-state index in [-0.39, 0.29) is 0 Å². The Morgan fingerprint density at radius 1 is 1.05 bits per heavy atom. The molecule has 0 radical (unpaired) electrons. The van der Waals surface area contributed by atoms with Crippen LogP contribution in [-0.4, -0.2) is 0 Å². The molecule has 20 heavy (non-hydrogen) atoms. The molecule has 4 bridgehead atoms. The minimum absolute atomic E-state index is 0.520. The lowest BCUT2D eigenvalue weighted by Gasteiger charge is -2.63. The summed E-state index contributed by atoms with van der Waals surface area (Å²) < 4.78 is 1.18. The average Bonchev–Trinajstić information content (AvgIpc) is 2.36. The molecule has 0 aliphatic heterocycles. The molecule has 1 aromatic rings. The highest BCUT2D eigenvalue weighted by molar-refractivity contribution is 9.10. The summed E-state index contributed by atoms with van der Waals surface area (Å²) in [4.78, 5) is 0.535. The molecular weight excluding hydrogens is 376 g/mol. The molecule has 2 heteroatoms. The van der Waals surface area contributed by atoms with Crippen molar-refractivity contribution < 1.29 is 0 Å². The fourth-order valence-electron chi connectivity index (χ4n) is 6.08. The van der Waals surface area contributed by atoms with Crippen LogP contribution in [0.5, 0.6) is 0 Å². The van der Waals surface area contributed by atoms with Gasteiger partial charge in [0.15, 0.2) is 0 Å². The summed E-state index contributed by atoms with van der Waals surface area (Å²) in [5, 5.41) is 0. The molecule has 3 unspecified atom stereocenters. The zero-order valence-electron chi connectivity index (χ0n) is 12.0. The van der Waals surface area contributed by atoms with Crippen molar-refractivity contribution in [3.05, 3.63) is 34.3 Å². The van der Waals surface area contributed by atoms with Crippen molar-refractivity contribution in [1.82, 2.24) is 0 Å². The number of hydrogen-bond donors (Lipinski definition) is 0. The topological polar surface area (TPSA) is 0 Å². The summed E-state index contributed by atoms with van der Waals surface area (Å²) >= 11 is 7.66. The first-order valence-electron chi connectivity index (χ1n) is 7.88. The standard InChI is InChI=1S/C18H22Br2/c1-17-7-12-6-13(8-17)10-18(9-12,11-17)16(20)14-2-4-15(19)5-3-14/h2-5,12-13,16H,6-11H2,1H3. The largest absolute Gasteiger partial charge is 0.0833 e. The van der Waals surface area contributed by atoms with Gasteiger partial charge in [0, 0.05) is 9.30 Å². The zero-order valence-corrected chi connectivity index (χ0v) is 15.2. The van der Waals surface area contributed by atoms with E-state index in [1.807, 2.05) is 0 Å². The first-order valence-corrected chi connectivity index (χ1v) is 9.59. The van der Waals surface area contributed by atoms with Crippen LogP contribution in [0.3, 0.4) is 0 Å². The van der Waals surface area contributed by atoms with Gasteiger partial charge in [-0.1, -0.05) is 50.9 Å². The smallest absolute Gasteiger partial charge is 0.0451 e. The predicted octanol–water partition coefficient (Wildman–Crippen LogP) is 6.49. The number of alkyl halides is 1. The molecule has 0 spiro atoms. The van der Waals surface area contributed by atoms with Gasteiger partial charge < -0.3 is 0 Å². The maximum Gasteiger partial charge on any atom is 0.0451 e. The molecule has 0 amide bonds. The maximum absolute atomic E-state index is 4.11. The van der Waals surface area contributed by atoms with Crippen LogP contribution in [0.25, 0.3) is 0 Å². The highest BCUT2D eigenvalue weighted by atomic mass is 79.9. The van der Waals surface area contributed by atoms with Crippen molar-refractivity contribution in [3.8, 4) is 0 Å². The van der Waals surface area contributed by atoms with E-state index < -0.39 is 0 Å². The SMILES string of the molecule is CC12CC3CC(C1)CC(C(Br)c1ccc(Br)cc1)(C3)C2. The number of rotatable bonds is 2. The summed E-state index contributed by atoms with van der Waals surface area (Å²) in [6.45, 7) is 2.56. The monoisotopic (exact) mass is 396 g/mol. The van der Waals surface area contributed by atoms with Crippen LogP contribution in [0.15, 0.2) is 28.7 Å². The number of benzene rings is 1. The lowest BCUT2D eigenvalue weighted by molar-refractivity contribution is -0.101. The molecule has 0 heterocycles. The Hall–Kier alpha value is 0.180. The van der Waals surface area contributed by atoms with Gasteiger partial charge in [0.1, 0.15) is 0 Å². The minimum atomic E-state index is 0.520. The van der Waals surface area contributed by atoms with E-state index in [1.165, 1.54) is 48.6 Å². The Balaban J connectivity index is 1.68. The van der Waals surface area contributed by atoms with E-state index in [0.29, 0.717) is 15.7 Å².